The third kappa shape index (κ3) is 2.77. The molecule has 3 rings (SSSR count). The fourth-order valence-corrected chi connectivity index (χ4v) is 4.25. The van der Waals surface area contributed by atoms with E-state index in [9.17, 15) is 0 Å². The van der Waals surface area contributed by atoms with E-state index in [1.165, 1.54) is 27.3 Å². The van der Waals surface area contributed by atoms with Gasteiger partial charge in [0.2, 0.25) is 0 Å². The van der Waals surface area contributed by atoms with E-state index in [1.54, 1.807) is 0 Å². The highest BCUT2D eigenvalue weighted by Gasteiger charge is 2.25. The molecular formula is C18H21NS. The number of hydrogen-bond donors (Lipinski definition) is 1. The van der Waals surface area contributed by atoms with Gasteiger partial charge in [-0.3, -0.25) is 0 Å². The van der Waals surface area contributed by atoms with Gasteiger partial charge in [-0.05, 0) is 48.9 Å². The maximum absolute atomic E-state index is 6.03. The summed E-state index contributed by atoms with van der Waals surface area (Å²) in [7, 11) is 0. The first-order valence-corrected chi connectivity index (χ1v) is 8.25. The molecule has 0 fully saturated rings. The minimum Gasteiger partial charge on any atom is -0.330 e. The second-order valence-corrected chi connectivity index (χ2v) is 6.69. The van der Waals surface area contributed by atoms with Crippen molar-refractivity contribution in [2.24, 2.45) is 5.73 Å². The van der Waals surface area contributed by atoms with Gasteiger partial charge in [-0.2, -0.15) is 0 Å². The number of benzene rings is 2. The van der Waals surface area contributed by atoms with Crippen LogP contribution in [0.4, 0.5) is 0 Å². The van der Waals surface area contributed by atoms with Crippen molar-refractivity contribution in [3.63, 3.8) is 0 Å². The second-order valence-electron chi connectivity index (χ2n) is 5.62. The van der Waals surface area contributed by atoms with Crippen LogP contribution in [0.2, 0.25) is 0 Å². The van der Waals surface area contributed by atoms with E-state index >= 15 is 0 Å². The van der Waals surface area contributed by atoms with Crippen molar-refractivity contribution in [3.05, 3.63) is 65.2 Å². The Bertz CT molecular complexity index is 576. The number of thioether (sulfide) groups is 1. The Morgan fingerprint density at radius 1 is 1.15 bits per heavy atom. The van der Waals surface area contributed by atoms with E-state index in [4.69, 9.17) is 5.73 Å². The topological polar surface area (TPSA) is 26.0 Å². The number of rotatable bonds is 4. The van der Waals surface area contributed by atoms with Crippen LogP contribution in [0.1, 0.15) is 34.9 Å². The summed E-state index contributed by atoms with van der Waals surface area (Å²) < 4.78 is 0. The molecule has 1 nitrogen and oxygen atoms in total. The molecule has 0 bridgehead atoms. The van der Waals surface area contributed by atoms with E-state index in [1.807, 2.05) is 11.8 Å². The van der Waals surface area contributed by atoms with Crippen LogP contribution in [0.3, 0.4) is 0 Å². The minimum absolute atomic E-state index is 0.465. The summed E-state index contributed by atoms with van der Waals surface area (Å²) in [6, 6.07) is 17.7. The molecule has 0 amide bonds. The van der Waals surface area contributed by atoms with Crippen molar-refractivity contribution in [1.29, 1.82) is 0 Å². The molecule has 0 saturated carbocycles. The van der Waals surface area contributed by atoms with Crippen LogP contribution < -0.4 is 5.73 Å². The minimum atomic E-state index is 0.465. The molecule has 1 aliphatic heterocycles. The van der Waals surface area contributed by atoms with E-state index in [0.717, 1.165) is 13.0 Å². The summed E-state index contributed by atoms with van der Waals surface area (Å²) in [5, 5.41) is 0. The zero-order chi connectivity index (χ0) is 13.9. The van der Waals surface area contributed by atoms with E-state index in [2.05, 4.69) is 55.5 Å². The molecule has 0 aliphatic carbocycles. The molecule has 0 aromatic heterocycles. The van der Waals surface area contributed by atoms with Gasteiger partial charge in [-0.25, -0.2) is 0 Å². The van der Waals surface area contributed by atoms with Gasteiger partial charge in [0.15, 0.2) is 0 Å². The molecule has 0 radical (unpaired) electrons. The largest absolute Gasteiger partial charge is 0.330 e. The van der Waals surface area contributed by atoms with Crippen molar-refractivity contribution >= 4 is 11.8 Å². The molecule has 2 aromatic rings. The highest BCUT2D eigenvalue weighted by Crippen LogP contribution is 2.43. The molecule has 1 heterocycles. The summed E-state index contributed by atoms with van der Waals surface area (Å²) in [4.78, 5) is 1.46. The predicted molar refractivity (Wildman–Crippen MR) is 87.5 cm³/mol. The smallest absolute Gasteiger partial charge is 0.0107 e. The maximum atomic E-state index is 6.03. The maximum Gasteiger partial charge on any atom is 0.0107 e. The molecular weight excluding hydrogens is 262 g/mol. The van der Waals surface area contributed by atoms with Crippen LogP contribution in [0.5, 0.6) is 0 Å². The van der Waals surface area contributed by atoms with Crippen molar-refractivity contribution in [2.75, 3.05) is 12.3 Å². The first-order chi connectivity index (χ1) is 9.78. The van der Waals surface area contributed by atoms with Crippen molar-refractivity contribution in [2.45, 2.75) is 30.1 Å². The first kappa shape index (κ1) is 13.7. The zero-order valence-electron chi connectivity index (χ0n) is 11.9. The van der Waals surface area contributed by atoms with E-state index < -0.39 is 0 Å². The molecule has 0 spiro atoms. The fourth-order valence-electron chi connectivity index (χ4n) is 2.97. The van der Waals surface area contributed by atoms with Crippen molar-refractivity contribution < 1.29 is 0 Å². The number of fused-ring (bicyclic) bond motifs is 1. The fraction of sp³-hybridized carbons (Fsp3) is 0.333. The molecule has 0 saturated heterocycles. The highest BCUT2D eigenvalue weighted by molar-refractivity contribution is 7.99. The molecule has 1 aliphatic rings. The SMILES string of the molecule is Cc1ccc(C(CN)CC2CSc3ccccc32)cc1. The molecule has 2 atom stereocenters. The Morgan fingerprint density at radius 2 is 1.90 bits per heavy atom. The van der Waals surface area contributed by atoms with Crippen LogP contribution in [-0.4, -0.2) is 12.3 Å². The van der Waals surface area contributed by atoms with Gasteiger partial charge in [0, 0.05) is 10.6 Å². The Kier molecular flexibility index (Phi) is 4.13. The Morgan fingerprint density at radius 3 is 2.65 bits per heavy atom. The third-order valence-electron chi connectivity index (χ3n) is 4.20. The Balaban J connectivity index is 1.78. The second kappa shape index (κ2) is 6.02. The van der Waals surface area contributed by atoms with Gasteiger partial charge >= 0.3 is 0 Å². The lowest BCUT2D eigenvalue weighted by atomic mass is 9.86. The quantitative estimate of drug-likeness (QED) is 0.904. The average Bonchev–Trinajstić information content (AvgIpc) is 2.89. The van der Waals surface area contributed by atoms with Gasteiger partial charge in [-0.15, -0.1) is 11.8 Å². The van der Waals surface area contributed by atoms with Gasteiger partial charge in [0.05, 0.1) is 0 Å². The Labute approximate surface area is 125 Å². The van der Waals surface area contributed by atoms with Crippen molar-refractivity contribution in [3.8, 4) is 0 Å². The van der Waals surface area contributed by atoms with Gasteiger partial charge < -0.3 is 5.73 Å². The van der Waals surface area contributed by atoms with Crippen LogP contribution in [0.15, 0.2) is 53.4 Å². The summed E-state index contributed by atoms with van der Waals surface area (Å²) >= 11 is 1.99. The lowest BCUT2D eigenvalue weighted by molar-refractivity contribution is 0.570. The summed E-state index contributed by atoms with van der Waals surface area (Å²) in [6.45, 7) is 2.86. The van der Waals surface area contributed by atoms with Gasteiger partial charge in [-0.1, -0.05) is 48.0 Å². The lowest BCUT2D eigenvalue weighted by Gasteiger charge is -2.20. The molecule has 104 valence electrons. The third-order valence-corrected chi connectivity index (χ3v) is 5.45. The lowest BCUT2D eigenvalue weighted by Crippen LogP contribution is -2.16. The van der Waals surface area contributed by atoms with Crippen molar-refractivity contribution in [1.82, 2.24) is 0 Å². The van der Waals surface area contributed by atoms with E-state index in [0.29, 0.717) is 11.8 Å². The zero-order valence-corrected chi connectivity index (χ0v) is 12.7. The number of nitrogens with two attached hydrogens (primary N) is 1. The van der Waals surface area contributed by atoms with Gasteiger partial charge in [0.1, 0.15) is 0 Å². The van der Waals surface area contributed by atoms with Crippen LogP contribution in [-0.2, 0) is 0 Å². The summed E-state index contributed by atoms with van der Waals surface area (Å²) in [5.74, 6) is 2.31. The Hall–Kier alpha value is -1.25. The molecule has 20 heavy (non-hydrogen) atoms. The normalized spacial score (nSPS) is 18.8. The van der Waals surface area contributed by atoms with Crippen LogP contribution in [0.25, 0.3) is 0 Å². The van der Waals surface area contributed by atoms with Crippen LogP contribution in [0, 0.1) is 6.92 Å². The molecule has 2 unspecified atom stereocenters. The predicted octanol–water partition coefficient (Wildman–Crippen LogP) is 4.32. The van der Waals surface area contributed by atoms with Gasteiger partial charge in [0.25, 0.3) is 0 Å². The molecule has 2 aromatic carbocycles. The summed E-state index contributed by atoms with van der Waals surface area (Å²) in [6.07, 6.45) is 1.16. The molecule has 2 N–H and O–H groups in total. The highest BCUT2D eigenvalue weighted by atomic mass is 32.2. The first-order valence-electron chi connectivity index (χ1n) is 7.26. The molecule has 2 heteroatoms. The standard InChI is InChI=1S/C18H21NS/c1-13-6-8-14(9-7-13)15(11-19)10-16-12-20-18-5-3-2-4-17(16)18/h2-9,15-16H,10-12,19H2,1H3. The van der Waals surface area contributed by atoms with Crippen LogP contribution >= 0.6 is 11.8 Å². The monoisotopic (exact) mass is 283 g/mol. The number of hydrogen-bond acceptors (Lipinski definition) is 2. The van der Waals surface area contributed by atoms with E-state index in [-0.39, 0.29) is 0 Å². The average molecular weight is 283 g/mol. The summed E-state index contributed by atoms with van der Waals surface area (Å²) in [5.41, 5.74) is 10.2. The number of aryl methyl sites for hydroxylation is 1.